The van der Waals surface area contributed by atoms with E-state index in [2.05, 4.69) is 33.9 Å². The summed E-state index contributed by atoms with van der Waals surface area (Å²) in [5, 5.41) is 6.28. The zero-order chi connectivity index (χ0) is 13.1. The zero-order valence-corrected chi connectivity index (χ0v) is 11.9. The van der Waals surface area contributed by atoms with Crippen LogP contribution in [0.15, 0.2) is 23.6 Å². The first-order valence-electron chi connectivity index (χ1n) is 6.67. The molecule has 1 aliphatic rings. The number of benzene rings is 1. The number of hydrogen-bond donors (Lipinski definition) is 1. The summed E-state index contributed by atoms with van der Waals surface area (Å²) in [6.45, 7) is 1.38. The molecule has 1 heterocycles. The Morgan fingerprint density at radius 3 is 3.11 bits per heavy atom. The third kappa shape index (κ3) is 2.96. The topological polar surface area (TPSA) is 34.2 Å². The van der Waals surface area contributed by atoms with Crippen LogP contribution >= 0.6 is 11.3 Å². The highest BCUT2D eigenvalue weighted by Gasteiger charge is 2.11. The van der Waals surface area contributed by atoms with Gasteiger partial charge in [-0.1, -0.05) is 6.07 Å². The molecule has 0 atom stereocenters. The van der Waals surface area contributed by atoms with Gasteiger partial charge in [-0.15, -0.1) is 11.3 Å². The van der Waals surface area contributed by atoms with Crippen molar-refractivity contribution in [2.75, 3.05) is 7.05 Å². The molecule has 1 aromatic carbocycles. The lowest BCUT2D eigenvalue weighted by atomic mass is 10.1. The van der Waals surface area contributed by atoms with Gasteiger partial charge in [-0.2, -0.15) is 0 Å². The van der Waals surface area contributed by atoms with Gasteiger partial charge in [0.25, 0.3) is 0 Å². The number of fused-ring (bicyclic) bond motifs is 1. The van der Waals surface area contributed by atoms with E-state index in [0.29, 0.717) is 6.61 Å². The number of rotatable bonds is 5. The van der Waals surface area contributed by atoms with E-state index in [4.69, 9.17) is 4.74 Å². The smallest absolute Gasteiger partial charge is 0.131 e. The lowest BCUT2D eigenvalue weighted by Gasteiger charge is -2.06. The SMILES string of the molecule is CNCc1nc(COc2ccc3c(c2)CCC3)cs1. The van der Waals surface area contributed by atoms with Crippen LogP contribution in [0.3, 0.4) is 0 Å². The summed E-state index contributed by atoms with van der Waals surface area (Å²) in [4.78, 5) is 4.52. The molecular weight excluding hydrogens is 256 g/mol. The minimum absolute atomic E-state index is 0.555. The molecule has 100 valence electrons. The molecule has 1 aliphatic carbocycles. The highest BCUT2D eigenvalue weighted by Crippen LogP contribution is 2.26. The van der Waals surface area contributed by atoms with E-state index in [1.54, 1.807) is 11.3 Å². The van der Waals surface area contributed by atoms with Crippen LogP contribution in [0.1, 0.15) is 28.2 Å². The van der Waals surface area contributed by atoms with Gasteiger partial charge in [0, 0.05) is 11.9 Å². The maximum atomic E-state index is 5.83. The lowest BCUT2D eigenvalue weighted by molar-refractivity contribution is 0.301. The van der Waals surface area contributed by atoms with Crippen LogP contribution < -0.4 is 10.1 Å². The van der Waals surface area contributed by atoms with Crippen LogP contribution in [-0.4, -0.2) is 12.0 Å². The van der Waals surface area contributed by atoms with Crippen molar-refractivity contribution in [3.8, 4) is 5.75 Å². The molecule has 19 heavy (non-hydrogen) atoms. The highest BCUT2D eigenvalue weighted by atomic mass is 32.1. The molecule has 3 nitrogen and oxygen atoms in total. The Labute approximate surface area is 117 Å². The third-order valence-corrected chi connectivity index (χ3v) is 4.28. The predicted molar refractivity (Wildman–Crippen MR) is 77.7 cm³/mol. The van der Waals surface area contributed by atoms with Gasteiger partial charge in [0.1, 0.15) is 17.4 Å². The fourth-order valence-corrected chi connectivity index (χ4v) is 3.23. The largest absolute Gasteiger partial charge is 0.487 e. The number of ether oxygens (including phenoxy) is 1. The fourth-order valence-electron chi connectivity index (χ4n) is 2.44. The molecule has 0 bridgehead atoms. The number of nitrogens with one attached hydrogen (secondary N) is 1. The van der Waals surface area contributed by atoms with Crippen molar-refractivity contribution in [1.29, 1.82) is 0 Å². The van der Waals surface area contributed by atoms with Crippen molar-refractivity contribution in [3.05, 3.63) is 45.4 Å². The second-order valence-electron chi connectivity index (χ2n) is 4.84. The average molecular weight is 274 g/mol. The van der Waals surface area contributed by atoms with Crippen molar-refractivity contribution in [1.82, 2.24) is 10.3 Å². The lowest BCUT2D eigenvalue weighted by Crippen LogP contribution is -2.05. The molecule has 3 rings (SSSR count). The van der Waals surface area contributed by atoms with Gasteiger partial charge in [-0.3, -0.25) is 0 Å². The normalized spacial score (nSPS) is 13.5. The van der Waals surface area contributed by atoms with Gasteiger partial charge in [0.2, 0.25) is 0 Å². The molecule has 0 saturated carbocycles. The summed E-state index contributed by atoms with van der Waals surface area (Å²) in [5.74, 6) is 0.962. The Morgan fingerprint density at radius 1 is 1.32 bits per heavy atom. The van der Waals surface area contributed by atoms with Gasteiger partial charge in [0.05, 0.1) is 5.69 Å². The molecule has 1 aromatic heterocycles. The first kappa shape index (κ1) is 12.6. The van der Waals surface area contributed by atoms with Gasteiger partial charge >= 0.3 is 0 Å². The zero-order valence-electron chi connectivity index (χ0n) is 11.1. The van der Waals surface area contributed by atoms with Crippen molar-refractivity contribution < 1.29 is 4.74 Å². The summed E-state index contributed by atoms with van der Waals surface area (Å²) >= 11 is 1.68. The number of thiazole rings is 1. The summed E-state index contributed by atoms with van der Waals surface area (Å²) in [5.41, 5.74) is 3.94. The van der Waals surface area contributed by atoms with Gasteiger partial charge in [-0.25, -0.2) is 4.98 Å². The van der Waals surface area contributed by atoms with Crippen LogP contribution in [0.25, 0.3) is 0 Å². The molecule has 1 N–H and O–H groups in total. The molecule has 4 heteroatoms. The number of aryl methyl sites for hydroxylation is 2. The first-order valence-corrected chi connectivity index (χ1v) is 7.55. The van der Waals surface area contributed by atoms with Crippen molar-refractivity contribution in [3.63, 3.8) is 0 Å². The van der Waals surface area contributed by atoms with E-state index >= 15 is 0 Å². The summed E-state index contributed by atoms with van der Waals surface area (Å²) in [6.07, 6.45) is 3.68. The summed E-state index contributed by atoms with van der Waals surface area (Å²) in [7, 11) is 1.93. The van der Waals surface area contributed by atoms with Crippen LogP contribution in [0, 0.1) is 0 Å². The molecule has 0 aliphatic heterocycles. The Morgan fingerprint density at radius 2 is 2.21 bits per heavy atom. The van der Waals surface area contributed by atoms with E-state index in [1.165, 1.54) is 30.4 Å². The first-order chi connectivity index (χ1) is 9.35. The van der Waals surface area contributed by atoms with Crippen LogP contribution in [0.4, 0.5) is 0 Å². The van der Waals surface area contributed by atoms with E-state index < -0.39 is 0 Å². The Bertz CT molecular complexity index is 565. The van der Waals surface area contributed by atoms with E-state index in [-0.39, 0.29) is 0 Å². The van der Waals surface area contributed by atoms with Gasteiger partial charge in [0.15, 0.2) is 0 Å². The van der Waals surface area contributed by atoms with Crippen molar-refractivity contribution in [2.24, 2.45) is 0 Å². The number of nitrogens with zero attached hydrogens (tertiary/aromatic N) is 1. The maximum absolute atomic E-state index is 5.83. The van der Waals surface area contributed by atoms with E-state index in [1.807, 2.05) is 7.05 Å². The van der Waals surface area contributed by atoms with Crippen LogP contribution in [0.5, 0.6) is 5.75 Å². The summed E-state index contributed by atoms with van der Waals surface area (Å²) in [6, 6.07) is 6.46. The van der Waals surface area contributed by atoms with E-state index in [0.717, 1.165) is 23.0 Å². The molecular formula is C15H18N2OS. The Hall–Kier alpha value is -1.39. The number of aromatic nitrogens is 1. The summed E-state index contributed by atoms with van der Waals surface area (Å²) < 4.78 is 5.83. The van der Waals surface area contributed by atoms with E-state index in [9.17, 15) is 0 Å². The molecule has 0 fully saturated rings. The van der Waals surface area contributed by atoms with Gasteiger partial charge < -0.3 is 10.1 Å². The molecule has 0 saturated heterocycles. The van der Waals surface area contributed by atoms with Crippen molar-refractivity contribution >= 4 is 11.3 Å². The standard InChI is InChI=1S/C15H18N2OS/c1-16-8-15-17-13(10-19-15)9-18-14-6-5-11-3-2-4-12(11)7-14/h5-7,10,16H,2-4,8-9H2,1H3. The second kappa shape index (κ2) is 5.72. The second-order valence-corrected chi connectivity index (χ2v) is 5.78. The molecule has 0 spiro atoms. The fraction of sp³-hybridized carbons (Fsp3) is 0.400. The van der Waals surface area contributed by atoms with Crippen LogP contribution in [0.2, 0.25) is 0 Å². The molecule has 2 aromatic rings. The monoisotopic (exact) mass is 274 g/mol. The molecule has 0 amide bonds. The highest BCUT2D eigenvalue weighted by molar-refractivity contribution is 7.09. The maximum Gasteiger partial charge on any atom is 0.131 e. The quantitative estimate of drug-likeness (QED) is 0.910. The van der Waals surface area contributed by atoms with Crippen molar-refractivity contribution in [2.45, 2.75) is 32.4 Å². The number of hydrogen-bond acceptors (Lipinski definition) is 4. The minimum atomic E-state index is 0.555. The minimum Gasteiger partial charge on any atom is -0.487 e. The predicted octanol–water partition coefficient (Wildman–Crippen LogP) is 2.93. The van der Waals surface area contributed by atoms with Crippen LogP contribution in [-0.2, 0) is 26.0 Å². The van der Waals surface area contributed by atoms with Gasteiger partial charge in [-0.05, 0) is 49.6 Å². The Balaban J connectivity index is 1.62. The Kier molecular flexibility index (Phi) is 3.80. The average Bonchev–Trinajstić information content (AvgIpc) is 3.04. The third-order valence-electron chi connectivity index (χ3n) is 3.38. The molecule has 0 unspecified atom stereocenters. The molecule has 0 radical (unpaired) electrons.